The molecular formula is C13H20O2. The zero-order valence-electron chi connectivity index (χ0n) is 9.41. The lowest BCUT2D eigenvalue weighted by Gasteiger charge is -2.39. The van der Waals surface area contributed by atoms with Gasteiger partial charge in [-0.2, -0.15) is 0 Å². The van der Waals surface area contributed by atoms with Crippen LogP contribution in [0, 0.1) is 17.8 Å². The van der Waals surface area contributed by atoms with E-state index in [2.05, 4.69) is 13.0 Å². The molecule has 1 N–H and O–H groups in total. The molecule has 0 aromatic carbocycles. The van der Waals surface area contributed by atoms with Crippen LogP contribution in [0.4, 0.5) is 0 Å². The van der Waals surface area contributed by atoms with Crippen molar-refractivity contribution >= 4 is 5.97 Å². The van der Waals surface area contributed by atoms with E-state index in [4.69, 9.17) is 5.11 Å². The van der Waals surface area contributed by atoms with Crippen molar-refractivity contribution in [3.05, 3.63) is 11.6 Å². The second kappa shape index (κ2) is 4.38. The molecule has 0 radical (unpaired) electrons. The minimum atomic E-state index is -0.628. The van der Waals surface area contributed by atoms with Gasteiger partial charge in [0.25, 0.3) is 0 Å². The first kappa shape index (κ1) is 10.7. The molecule has 2 heteroatoms. The zero-order chi connectivity index (χ0) is 10.8. The highest BCUT2D eigenvalue weighted by Gasteiger charge is 2.34. The highest BCUT2D eigenvalue weighted by Crippen LogP contribution is 2.43. The van der Waals surface area contributed by atoms with Gasteiger partial charge in [0.05, 0.1) is 0 Å². The second-order valence-electron chi connectivity index (χ2n) is 5.18. The number of carbonyl (C=O) groups is 1. The van der Waals surface area contributed by atoms with Crippen molar-refractivity contribution in [1.82, 2.24) is 0 Å². The maximum atomic E-state index is 10.8. The van der Waals surface area contributed by atoms with Crippen LogP contribution in [0.1, 0.15) is 45.4 Å². The van der Waals surface area contributed by atoms with Gasteiger partial charge < -0.3 is 5.11 Å². The molecule has 0 aromatic heterocycles. The number of allylic oxidation sites excluding steroid dienone is 2. The molecule has 0 saturated heterocycles. The summed E-state index contributed by atoms with van der Waals surface area (Å²) in [6.45, 7) is 2.18. The Balaban J connectivity index is 2.10. The fourth-order valence-corrected chi connectivity index (χ4v) is 3.31. The lowest BCUT2D eigenvalue weighted by molar-refractivity contribution is -0.138. The van der Waals surface area contributed by atoms with E-state index < -0.39 is 5.97 Å². The minimum Gasteiger partial charge on any atom is -0.481 e. The molecule has 2 nitrogen and oxygen atoms in total. The predicted molar refractivity (Wildman–Crippen MR) is 59.6 cm³/mol. The molecule has 2 aliphatic rings. The van der Waals surface area contributed by atoms with Crippen LogP contribution in [-0.2, 0) is 4.79 Å². The molecule has 0 heterocycles. The van der Waals surface area contributed by atoms with Gasteiger partial charge in [-0.25, -0.2) is 0 Å². The van der Waals surface area contributed by atoms with Crippen LogP contribution in [0.5, 0.6) is 0 Å². The first-order chi connectivity index (χ1) is 7.16. The van der Waals surface area contributed by atoms with Gasteiger partial charge in [0.1, 0.15) is 0 Å². The number of fused-ring (bicyclic) bond motifs is 1. The van der Waals surface area contributed by atoms with Crippen molar-refractivity contribution in [3.63, 3.8) is 0 Å². The summed E-state index contributed by atoms with van der Waals surface area (Å²) in [6, 6.07) is 0. The van der Waals surface area contributed by atoms with E-state index in [1.807, 2.05) is 0 Å². The van der Waals surface area contributed by atoms with Gasteiger partial charge >= 0.3 is 5.97 Å². The largest absolute Gasteiger partial charge is 0.481 e. The average Bonchev–Trinajstić information content (AvgIpc) is 2.18. The summed E-state index contributed by atoms with van der Waals surface area (Å²) in [4.78, 5) is 10.8. The summed E-state index contributed by atoms with van der Waals surface area (Å²) in [6.07, 6.45) is 8.88. The summed E-state index contributed by atoms with van der Waals surface area (Å²) >= 11 is 0. The van der Waals surface area contributed by atoms with Gasteiger partial charge in [-0.05, 0) is 50.4 Å². The van der Waals surface area contributed by atoms with Crippen molar-refractivity contribution in [2.24, 2.45) is 17.8 Å². The Labute approximate surface area is 91.4 Å². The fourth-order valence-electron chi connectivity index (χ4n) is 3.31. The van der Waals surface area contributed by atoms with Gasteiger partial charge in [0, 0.05) is 6.42 Å². The Morgan fingerprint density at radius 1 is 1.47 bits per heavy atom. The average molecular weight is 208 g/mol. The Morgan fingerprint density at radius 3 is 3.00 bits per heavy atom. The molecule has 3 atom stereocenters. The van der Waals surface area contributed by atoms with Crippen LogP contribution in [-0.4, -0.2) is 11.1 Å². The molecule has 2 aliphatic carbocycles. The van der Waals surface area contributed by atoms with Gasteiger partial charge in [-0.1, -0.05) is 18.1 Å². The number of carboxylic acids is 1. The third-order valence-corrected chi connectivity index (χ3v) is 4.06. The summed E-state index contributed by atoms with van der Waals surface area (Å²) < 4.78 is 0. The standard InChI is InChI=1S/C13H20O2/c1-9-5-6-10-3-2-4-11(8-13(14)15)12(10)7-9/h7,10-12H,2-6,8H2,1H3,(H,14,15)/t10-,11+,12?/m1/s1. The fraction of sp³-hybridized carbons (Fsp3) is 0.769. The first-order valence-corrected chi connectivity index (χ1v) is 6.06. The van der Waals surface area contributed by atoms with Gasteiger partial charge in [-0.15, -0.1) is 0 Å². The molecule has 1 unspecified atom stereocenters. The second-order valence-corrected chi connectivity index (χ2v) is 5.18. The van der Waals surface area contributed by atoms with Crippen LogP contribution in [0.2, 0.25) is 0 Å². The van der Waals surface area contributed by atoms with E-state index in [9.17, 15) is 4.79 Å². The topological polar surface area (TPSA) is 37.3 Å². The van der Waals surface area contributed by atoms with Gasteiger partial charge in [0.15, 0.2) is 0 Å². The summed E-state index contributed by atoms with van der Waals surface area (Å²) in [7, 11) is 0. The molecule has 1 saturated carbocycles. The Morgan fingerprint density at radius 2 is 2.27 bits per heavy atom. The third kappa shape index (κ3) is 2.42. The number of hydrogen-bond acceptors (Lipinski definition) is 1. The molecule has 0 aromatic rings. The van der Waals surface area contributed by atoms with E-state index >= 15 is 0 Å². The molecule has 0 amide bonds. The Bertz CT molecular complexity index is 280. The van der Waals surface area contributed by atoms with Crippen LogP contribution in [0.15, 0.2) is 11.6 Å². The molecule has 0 bridgehead atoms. The maximum Gasteiger partial charge on any atom is 0.303 e. The van der Waals surface area contributed by atoms with Gasteiger partial charge in [0.2, 0.25) is 0 Å². The minimum absolute atomic E-state index is 0.366. The Kier molecular flexibility index (Phi) is 3.13. The van der Waals surface area contributed by atoms with Crippen LogP contribution < -0.4 is 0 Å². The number of hydrogen-bond donors (Lipinski definition) is 1. The summed E-state index contributed by atoms with van der Waals surface area (Å²) in [5, 5.41) is 8.90. The maximum absolute atomic E-state index is 10.8. The molecule has 0 aliphatic heterocycles. The van der Waals surface area contributed by atoms with Crippen molar-refractivity contribution in [2.75, 3.05) is 0 Å². The summed E-state index contributed by atoms with van der Waals surface area (Å²) in [5.74, 6) is 1.10. The van der Waals surface area contributed by atoms with E-state index in [1.54, 1.807) is 0 Å². The van der Waals surface area contributed by atoms with Crippen LogP contribution in [0.3, 0.4) is 0 Å². The van der Waals surface area contributed by atoms with Gasteiger partial charge in [-0.3, -0.25) is 4.79 Å². The molecule has 84 valence electrons. The first-order valence-electron chi connectivity index (χ1n) is 6.06. The third-order valence-electron chi connectivity index (χ3n) is 4.06. The highest BCUT2D eigenvalue weighted by atomic mass is 16.4. The highest BCUT2D eigenvalue weighted by molar-refractivity contribution is 5.67. The van der Waals surface area contributed by atoms with Crippen LogP contribution in [0.25, 0.3) is 0 Å². The van der Waals surface area contributed by atoms with E-state index in [0.29, 0.717) is 18.3 Å². The SMILES string of the molecule is CC1=CC2[C@H](CCC[C@H]2CC(=O)O)CC1. The smallest absolute Gasteiger partial charge is 0.303 e. The number of carboxylic acid groups (broad SMARTS) is 1. The number of aliphatic carboxylic acids is 1. The monoisotopic (exact) mass is 208 g/mol. The lowest BCUT2D eigenvalue weighted by atomic mass is 9.66. The molecule has 1 fully saturated rings. The Hall–Kier alpha value is -0.790. The molecular weight excluding hydrogens is 188 g/mol. The predicted octanol–water partition coefficient (Wildman–Crippen LogP) is 3.23. The van der Waals surface area contributed by atoms with Crippen molar-refractivity contribution in [2.45, 2.75) is 45.4 Å². The summed E-state index contributed by atoms with van der Waals surface area (Å²) in [5.41, 5.74) is 1.47. The lowest BCUT2D eigenvalue weighted by Crippen LogP contribution is -2.30. The van der Waals surface area contributed by atoms with Crippen molar-refractivity contribution < 1.29 is 9.90 Å². The zero-order valence-corrected chi connectivity index (χ0v) is 9.41. The quantitative estimate of drug-likeness (QED) is 0.707. The number of rotatable bonds is 2. The molecule has 2 rings (SSSR count). The van der Waals surface area contributed by atoms with Crippen LogP contribution >= 0.6 is 0 Å². The van der Waals surface area contributed by atoms with Crippen molar-refractivity contribution in [1.29, 1.82) is 0 Å². The van der Waals surface area contributed by atoms with E-state index in [1.165, 1.54) is 31.3 Å². The van der Waals surface area contributed by atoms with E-state index in [-0.39, 0.29) is 0 Å². The van der Waals surface area contributed by atoms with Crippen molar-refractivity contribution in [3.8, 4) is 0 Å². The molecule has 15 heavy (non-hydrogen) atoms. The normalized spacial score (nSPS) is 35.5. The van der Waals surface area contributed by atoms with E-state index in [0.717, 1.165) is 12.3 Å². The molecule has 0 spiro atoms.